The van der Waals surface area contributed by atoms with Crippen LogP contribution >= 0.6 is 0 Å². The maximum absolute atomic E-state index is 12.2. The van der Waals surface area contributed by atoms with Crippen LogP contribution in [0.25, 0.3) is 0 Å². The van der Waals surface area contributed by atoms with E-state index >= 15 is 0 Å². The van der Waals surface area contributed by atoms with Gasteiger partial charge in [-0.05, 0) is 19.5 Å². The molecule has 0 spiro atoms. The second-order valence-electron chi connectivity index (χ2n) is 5.77. The van der Waals surface area contributed by atoms with Gasteiger partial charge in [0.05, 0.1) is 11.6 Å². The molecule has 2 unspecified atom stereocenters. The third-order valence-corrected chi connectivity index (χ3v) is 4.37. The van der Waals surface area contributed by atoms with Gasteiger partial charge in [0.25, 0.3) is 0 Å². The van der Waals surface area contributed by atoms with Crippen LogP contribution in [0.2, 0.25) is 0 Å². The number of allylic oxidation sites excluding steroid dienone is 3. The summed E-state index contributed by atoms with van der Waals surface area (Å²) in [6.07, 6.45) is 5.79. The Bertz CT molecular complexity index is 557. The molecule has 6 nitrogen and oxygen atoms in total. The molecule has 2 heterocycles. The molecule has 3 rings (SSSR count). The van der Waals surface area contributed by atoms with Gasteiger partial charge in [0.15, 0.2) is 11.7 Å². The second kappa shape index (κ2) is 5.44. The molecule has 1 N–H and O–H groups in total. The van der Waals surface area contributed by atoms with E-state index in [0.717, 1.165) is 31.9 Å². The van der Waals surface area contributed by atoms with E-state index in [4.69, 9.17) is 5.11 Å². The monoisotopic (exact) mass is 289 g/mol. The van der Waals surface area contributed by atoms with Gasteiger partial charge >= 0.3 is 5.97 Å². The van der Waals surface area contributed by atoms with Crippen molar-refractivity contribution in [2.24, 2.45) is 16.8 Å². The van der Waals surface area contributed by atoms with Gasteiger partial charge in [-0.1, -0.05) is 6.08 Å². The lowest BCUT2D eigenvalue weighted by molar-refractivity contribution is -0.144. The second-order valence-corrected chi connectivity index (χ2v) is 5.77. The first kappa shape index (κ1) is 14.0. The molecule has 112 valence electrons. The van der Waals surface area contributed by atoms with Crippen LogP contribution in [0.3, 0.4) is 0 Å². The molecule has 2 aliphatic heterocycles. The van der Waals surface area contributed by atoms with Gasteiger partial charge in [-0.3, -0.25) is 14.6 Å². The fourth-order valence-electron chi connectivity index (χ4n) is 2.98. The van der Waals surface area contributed by atoms with Gasteiger partial charge < -0.3 is 14.9 Å². The molecule has 3 aliphatic rings. The molecule has 0 saturated carbocycles. The number of aliphatic imine (C=N–C) groups is 1. The molecular weight excluding hydrogens is 270 g/mol. The smallest absolute Gasteiger partial charge is 0.319 e. The number of hydrogen-bond acceptors (Lipinski definition) is 5. The molecular formula is C15H19N3O3. The number of nitrogens with zero attached hydrogens (tertiary/aromatic N) is 3. The summed E-state index contributed by atoms with van der Waals surface area (Å²) < 4.78 is 0. The lowest BCUT2D eigenvalue weighted by atomic mass is 9.83. The maximum Gasteiger partial charge on any atom is 0.319 e. The maximum atomic E-state index is 12.2. The van der Waals surface area contributed by atoms with Crippen molar-refractivity contribution in [3.63, 3.8) is 0 Å². The normalized spacial score (nSPS) is 29.8. The zero-order valence-electron chi connectivity index (χ0n) is 12.0. The van der Waals surface area contributed by atoms with Crippen molar-refractivity contribution in [3.8, 4) is 0 Å². The van der Waals surface area contributed by atoms with Crippen LogP contribution in [0, 0.1) is 11.8 Å². The van der Waals surface area contributed by atoms with Gasteiger partial charge in [-0.2, -0.15) is 0 Å². The molecule has 2 atom stereocenters. The summed E-state index contributed by atoms with van der Waals surface area (Å²) in [7, 11) is 2.11. The van der Waals surface area contributed by atoms with Crippen LogP contribution in [0.5, 0.6) is 0 Å². The van der Waals surface area contributed by atoms with Crippen LogP contribution in [0.4, 0.5) is 0 Å². The highest BCUT2D eigenvalue weighted by Crippen LogP contribution is 2.32. The molecule has 1 aliphatic carbocycles. The number of ketones is 1. The SMILES string of the molecule is CN1CCN(C2=CCC3C(=O)C(C(=O)O)C=NC3=C2)CC1. The molecule has 6 heteroatoms. The Morgan fingerprint density at radius 2 is 2.05 bits per heavy atom. The number of carboxylic acid groups (broad SMARTS) is 1. The van der Waals surface area contributed by atoms with Crippen molar-refractivity contribution in [2.75, 3.05) is 33.2 Å². The number of hydrogen-bond donors (Lipinski definition) is 1. The van der Waals surface area contributed by atoms with Crippen molar-refractivity contribution in [1.82, 2.24) is 9.80 Å². The first-order chi connectivity index (χ1) is 10.1. The lowest BCUT2D eigenvalue weighted by Crippen LogP contribution is -2.44. The highest BCUT2D eigenvalue weighted by atomic mass is 16.4. The minimum absolute atomic E-state index is 0.252. The average Bonchev–Trinajstić information content (AvgIpc) is 2.47. The fourth-order valence-corrected chi connectivity index (χ4v) is 2.98. The van der Waals surface area contributed by atoms with Crippen molar-refractivity contribution >= 4 is 18.0 Å². The number of carbonyl (C=O) groups excluding carboxylic acids is 1. The molecule has 0 aromatic rings. The summed E-state index contributed by atoms with van der Waals surface area (Å²) in [6.45, 7) is 3.97. The average molecular weight is 289 g/mol. The van der Waals surface area contributed by atoms with E-state index in [1.54, 1.807) is 0 Å². The third kappa shape index (κ3) is 2.63. The van der Waals surface area contributed by atoms with E-state index in [-0.39, 0.29) is 5.78 Å². The number of carboxylic acids is 1. The molecule has 21 heavy (non-hydrogen) atoms. The van der Waals surface area contributed by atoms with Gasteiger partial charge in [0, 0.05) is 38.1 Å². The Balaban J connectivity index is 1.78. The number of carbonyl (C=O) groups is 2. The van der Waals surface area contributed by atoms with Gasteiger partial charge in [0.2, 0.25) is 0 Å². The number of aliphatic carboxylic acids is 1. The minimum Gasteiger partial charge on any atom is -0.480 e. The van der Waals surface area contributed by atoms with Crippen molar-refractivity contribution in [2.45, 2.75) is 6.42 Å². The first-order valence-electron chi connectivity index (χ1n) is 7.22. The number of Topliss-reactive ketones (excluding diaryl/α,β-unsaturated/α-hetero) is 1. The summed E-state index contributed by atoms with van der Waals surface area (Å²) >= 11 is 0. The predicted octanol–water partition coefficient (Wildman–Crippen LogP) is 0.376. The van der Waals surface area contributed by atoms with E-state index in [1.165, 1.54) is 6.21 Å². The van der Waals surface area contributed by atoms with Crippen molar-refractivity contribution in [1.29, 1.82) is 0 Å². The molecule has 0 bridgehead atoms. The van der Waals surface area contributed by atoms with E-state index in [0.29, 0.717) is 12.1 Å². The Morgan fingerprint density at radius 3 is 2.71 bits per heavy atom. The Hall–Kier alpha value is -1.95. The lowest BCUT2D eigenvalue weighted by Gasteiger charge is -2.36. The number of likely N-dealkylation sites (N-methyl/N-ethyl adjacent to an activating group) is 1. The zero-order chi connectivity index (χ0) is 15.0. The highest BCUT2D eigenvalue weighted by molar-refractivity contribution is 6.14. The van der Waals surface area contributed by atoms with Crippen LogP contribution in [0.15, 0.2) is 28.5 Å². The Kier molecular flexibility index (Phi) is 3.63. The van der Waals surface area contributed by atoms with Crippen LogP contribution in [-0.4, -0.2) is 66.1 Å². The summed E-state index contributed by atoms with van der Waals surface area (Å²) in [5, 5.41) is 9.02. The summed E-state index contributed by atoms with van der Waals surface area (Å²) in [4.78, 5) is 32.0. The predicted molar refractivity (Wildman–Crippen MR) is 78.0 cm³/mol. The summed E-state index contributed by atoms with van der Waals surface area (Å²) in [5.74, 6) is -2.85. The third-order valence-electron chi connectivity index (χ3n) is 4.37. The van der Waals surface area contributed by atoms with Gasteiger partial charge in [-0.25, -0.2) is 0 Å². The molecule has 1 fully saturated rings. The Labute approximate surface area is 123 Å². The molecule has 0 amide bonds. The largest absolute Gasteiger partial charge is 0.480 e. The van der Waals surface area contributed by atoms with E-state index in [1.807, 2.05) is 12.2 Å². The Morgan fingerprint density at radius 1 is 1.33 bits per heavy atom. The molecule has 1 saturated heterocycles. The fraction of sp³-hybridized carbons (Fsp3) is 0.533. The molecule has 0 aromatic carbocycles. The number of rotatable bonds is 2. The minimum atomic E-state index is -1.11. The summed E-state index contributed by atoms with van der Waals surface area (Å²) in [5.41, 5.74) is 1.81. The van der Waals surface area contributed by atoms with E-state index in [2.05, 4.69) is 21.8 Å². The van der Waals surface area contributed by atoms with E-state index in [9.17, 15) is 9.59 Å². The highest BCUT2D eigenvalue weighted by Gasteiger charge is 2.37. The van der Waals surface area contributed by atoms with Crippen LogP contribution in [0.1, 0.15) is 6.42 Å². The molecule has 0 radical (unpaired) electrons. The number of piperazine rings is 1. The van der Waals surface area contributed by atoms with E-state index < -0.39 is 17.8 Å². The topological polar surface area (TPSA) is 73.2 Å². The van der Waals surface area contributed by atoms with Gasteiger partial charge in [-0.15, -0.1) is 0 Å². The quantitative estimate of drug-likeness (QED) is 0.744. The van der Waals surface area contributed by atoms with Crippen molar-refractivity contribution in [3.05, 3.63) is 23.5 Å². The summed E-state index contributed by atoms with van der Waals surface area (Å²) in [6, 6.07) is 0. The first-order valence-corrected chi connectivity index (χ1v) is 7.22. The molecule has 0 aromatic heterocycles. The van der Waals surface area contributed by atoms with Crippen LogP contribution < -0.4 is 0 Å². The zero-order valence-corrected chi connectivity index (χ0v) is 12.0. The van der Waals surface area contributed by atoms with Crippen LogP contribution in [-0.2, 0) is 9.59 Å². The standard InChI is InChI=1S/C15H19N3O3/c1-17-4-6-18(7-5-17)10-2-3-11-13(8-10)16-9-12(14(11)19)15(20)21/h2,8-9,11-12H,3-7H2,1H3,(H,20,21). The van der Waals surface area contributed by atoms with Crippen molar-refractivity contribution < 1.29 is 14.7 Å². The number of fused-ring (bicyclic) bond motifs is 1. The van der Waals surface area contributed by atoms with Gasteiger partial charge in [0.1, 0.15) is 0 Å².